The predicted molar refractivity (Wildman–Crippen MR) is 104 cm³/mol. The topological polar surface area (TPSA) is 121 Å². The van der Waals surface area contributed by atoms with Gasteiger partial charge in [0.15, 0.2) is 4.80 Å². The molecule has 0 bridgehead atoms. The monoisotopic (exact) mass is 392 g/mol. The molecule has 2 aromatic heterocycles. The number of aromatic amines is 1. The van der Waals surface area contributed by atoms with Gasteiger partial charge in [0.1, 0.15) is 0 Å². The molecular weight excluding hydrogens is 376 g/mol. The Morgan fingerprint density at radius 1 is 1.14 bits per heavy atom. The number of aliphatic carboxylic acids is 1. The molecule has 0 saturated carbocycles. The van der Waals surface area contributed by atoms with Crippen molar-refractivity contribution in [1.29, 1.82) is 5.41 Å². The van der Waals surface area contributed by atoms with Crippen LogP contribution in [0.3, 0.4) is 0 Å². The molecule has 2 aromatic carbocycles. The lowest BCUT2D eigenvalue weighted by molar-refractivity contribution is -0.136. The van der Waals surface area contributed by atoms with E-state index in [-0.39, 0.29) is 6.42 Å². The summed E-state index contributed by atoms with van der Waals surface area (Å²) in [4.78, 5) is 11.4. The summed E-state index contributed by atoms with van der Waals surface area (Å²) in [5.41, 5.74) is 4.51. The second-order valence-corrected chi connectivity index (χ2v) is 7.02. The van der Waals surface area contributed by atoms with Crippen molar-refractivity contribution in [2.24, 2.45) is 0 Å². The molecule has 9 heteroatoms. The first-order valence-corrected chi connectivity index (χ1v) is 9.35. The van der Waals surface area contributed by atoms with Gasteiger partial charge in [0.25, 0.3) is 0 Å². The summed E-state index contributed by atoms with van der Waals surface area (Å²) in [5.74, 6) is -0.370. The summed E-state index contributed by atoms with van der Waals surface area (Å²) in [6.45, 7) is 0.456. The number of carboxylic acid groups (broad SMARTS) is 1. The highest BCUT2D eigenvalue weighted by atomic mass is 32.1. The summed E-state index contributed by atoms with van der Waals surface area (Å²) in [5, 5.41) is 33.0. The Balaban J connectivity index is 1.62. The van der Waals surface area contributed by atoms with E-state index in [1.54, 1.807) is 9.95 Å². The summed E-state index contributed by atoms with van der Waals surface area (Å²) < 4.78 is 1.72. The van der Waals surface area contributed by atoms with Gasteiger partial charge in [0, 0.05) is 16.6 Å². The molecule has 0 aliphatic carbocycles. The molecule has 0 spiro atoms. The first-order chi connectivity index (χ1) is 13.6. The number of hydrogen-bond acceptors (Lipinski definition) is 6. The second-order valence-electron chi connectivity index (χ2n) is 6.17. The summed E-state index contributed by atoms with van der Waals surface area (Å²) >= 11 is 1.24. The van der Waals surface area contributed by atoms with Crippen molar-refractivity contribution in [1.82, 2.24) is 25.2 Å². The zero-order valence-corrected chi connectivity index (χ0v) is 15.5. The van der Waals surface area contributed by atoms with Crippen LogP contribution < -0.4 is 4.80 Å². The Morgan fingerprint density at radius 3 is 2.57 bits per heavy atom. The fourth-order valence-corrected chi connectivity index (χ4v) is 3.79. The van der Waals surface area contributed by atoms with Gasteiger partial charge in [-0.2, -0.15) is 5.21 Å². The number of rotatable bonds is 6. The Morgan fingerprint density at radius 2 is 1.89 bits per heavy atom. The van der Waals surface area contributed by atoms with Crippen molar-refractivity contribution in [2.75, 3.05) is 0 Å². The normalized spacial score (nSPS) is 10.9. The third-order valence-electron chi connectivity index (χ3n) is 4.35. The molecule has 0 aliphatic heterocycles. The van der Waals surface area contributed by atoms with Gasteiger partial charge < -0.3 is 9.67 Å². The van der Waals surface area contributed by atoms with E-state index in [4.69, 9.17) is 10.5 Å². The van der Waals surface area contributed by atoms with Crippen LogP contribution in [0.2, 0.25) is 0 Å². The maximum absolute atomic E-state index is 11.0. The van der Waals surface area contributed by atoms with Gasteiger partial charge in [-0.3, -0.25) is 10.2 Å². The lowest BCUT2D eigenvalue weighted by Gasteiger charge is -2.10. The Hall–Kier alpha value is -3.59. The zero-order chi connectivity index (χ0) is 19.5. The van der Waals surface area contributed by atoms with Gasteiger partial charge in [-0.25, -0.2) is 0 Å². The smallest absolute Gasteiger partial charge is 0.309 e. The molecule has 2 heterocycles. The van der Waals surface area contributed by atoms with Crippen molar-refractivity contribution in [3.8, 4) is 22.5 Å². The van der Waals surface area contributed by atoms with Gasteiger partial charge in [-0.05, 0) is 21.9 Å². The van der Waals surface area contributed by atoms with E-state index in [2.05, 4.69) is 20.6 Å². The molecule has 8 nitrogen and oxygen atoms in total. The van der Waals surface area contributed by atoms with Gasteiger partial charge >= 0.3 is 5.97 Å². The molecule has 4 rings (SSSR count). The molecular formula is C19H16N6O2S. The highest BCUT2D eigenvalue weighted by molar-refractivity contribution is 7.07. The quantitative estimate of drug-likeness (QED) is 0.466. The first kappa shape index (κ1) is 17.8. The third-order valence-corrected chi connectivity index (χ3v) is 5.18. The number of nitrogens with zero attached hydrogens (tertiary/aromatic N) is 4. The van der Waals surface area contributed by atoms with Gasteiger partial charge in [0.05, 0.1) is 13.0 Å². The van der Waals surface area contributed by atoms with E-state index < -0.39 is 5.97 Å². The molecule has 0 aliphatic rings. The van der Waals surface area contributed by atoms with E-state index in [0.29, 0.717) is 22.9 Å². The van der Waals surface area contributed by atoms with Crippen molar-refractivity contribution in [3.63, 3.8) is 0 Å². The van der Waals surface area contributed by atoms with E-state index in [1.165, 1.54) is 11.3 Å². The lowest BCUT2D eigenvalue weighted by Crippen LogP contribution is -2.18. The SMILES string of the molecule is N=c1scc(CC(=O)O)n1Cc1ccc(-c2ccccc2-c2nn[nH]n2)cc1. The van der Waals surface area contributed by atoms with Gasteiger partial charge in [-0.1, -0.05) is 48.5 Å². The number of H-pyrrole nitrogens is 1. The average Bonchev–Trinajstić information content (AvgIpc) is 3.34. The summed E-state index contributed by atoms with van der Waals surface area (Å²) in [6, 6.07) is 15.8. The summed E-state index contributed by atoms with van der Waals surface area (Å²) in [6.07, 6.45) is -0.0917. The van der Waals surface area contributed by atoms with Crippen molar-refractivity contribution in [2.45, 2.75) is 13.0 Å². The number of carboxylic acids is 1. The van der Waals surface area contributed by atoms with E-state index >= 15 is 0 Å². The lowest BCUT2D eigenvalue weighted by atomic mass is 9.98. The number of nitrogens with one attached hydrogen (secondary N) is 2. The van der Waals surface area contributed by atoms with Crippen molar-refractivity contribution in [3.05, 3.63) is 70.0 Å². The average molecular weight is 392 g/mol. The van der Waals surface area contributed by atoms with Gasteiger partial charge in [0.2, 0.25) is 5.82 Å². The fourth-order valence-electron chi connectivity index (χ4n) is 3.02. The zero-order valence-electron chi connectivity index (χ0n) is 14.7. The van der Waals surface area contributed by atoms with Crippen molar-refractivity contribution >= 4 is 17.3 Å². The number of benzene rings is 2. The van der Waals surface area contributed by atoms with Crippen LogP contribution in [0.4, 0.5) is 0 Å². The molecule has 0 unspecified atom stereocenters. The van der Waals surface area contributed by atoms with Gasteiger partial charge in [-0.15, -0.1) is 21.5 Å². The Kier molecular flexibility index (Phi) is 4.81. The molecule has 0 saturated heterocycles. The molecule has 140 valence electrons. The van der Waals surface area contributed by atoms with E-state index in [9.17, 15) is 4.79 Å². The highest BCUT2D eigenvalue weighted by Crippen LogP contribution is 2.29. The molecule has 3 N–H and O–H groups in total. The number of aromatic nitrogens is 5. The van der Waals surface area contributed by atoms with E-state index in [0.717, 1.165) is 22.3 Å². The third kappa shape index (κ3) is 3.60. The maximum atomic E-state index is 11.0. The van der Waals surface area contributed by atoms with E-state index in [1.807, 2.05) is 48.5 Å². The predicted octanol–water partition coefficient (Wildman–Crippen LogP) is 2.55. The summed E-state index contributed by atoms with van der Waals surface area (Å²) in [7, 11) is 0. The van der Waals surface area contributed by atoms with Crippen LogP contribution in [0.1, 0.15) is 11.3 Å². The highest BCUT2D eigenvalue weighted by Gasteiger charge is 2.12. The molecule has 28 heavy (non-hydrogen) atoms. The number of tetrazole rings is 1. The van der Waals surface area contributed by atoms with Crippen LogP contribution in [-0.2, 0) is 17.8 Å². The Labute approximate surface area is 163 Å². The number of carbonyl (C=O) groups is 1. The van der Waals surface area contributed by atoms with Crippen LogP contribution in [0.25, 0.3) is 22.5 Å². The first-order valence-electron chi connectivity index (χ1n) is 8.47. The fraction of sp³-hybridized carbons (Fsp3) is 0.105. The maximum Gasteiger partial charge on any atom is 0.309 e. The second kappa shape index (κ2) is 7.57. The minimum absolute atomic E-state index is 0.0917. The molecule has 0 fully saturated rings. The minimum Gasteiger partial charge on any atom is -0.481 e. The van der Waals surface area contributed by atoms with Crippen LogP contribution in [-0.4, -0.2) is 36.3 Å². The largest absolute Gasteiger partial charge is 0.481 e. The van der Waals surface area contributed by atoms with Crippen LogP contribution in [0, 0.1) is 5.41 Å². The Bertz CT molecular complexity index is 1160. The molecule has 4 aromatic rings. The number of thiazole rings is 1. The van der Waals surface area contributed by atoms with Crippen LogP contribution >= 0.6 is 11.3 Å². The molecule has 0 atom stereocenters. The standard InChI is InChI=1S/C19H16N6O2S/c20-19-25(14(11-28-19)9-17(26)27)10-12-5-7-13(8-6-12)15-3-1-2-4-16(15)18-21-23-24-22-18/h1-8,11,20H,9-10H2,(H,26,27)(H,21,22,23,24). The number of hydrogen-bond donors (Lipinski definition) is 3. The molecule has 0 amide bonds. The molecule has 0 radical (unpaired) electrons. The van der Waals surface area contributed by atoms with Crippen molar-refractivity contribution < 1.29 is 9.90 Å². The van der Waals surface area contributed by atoms with Crippen LogP contribution in [0.5, 0.6) is 0 Å². The minimum atomic E-state index is -0.903. The van der Waals surface area contributed by atoms with Crippen LogP contribution in [0.15, 0.2) is 53.9 Å².